The van der Waals surface area contributed by atoms with Gasteiger partial charge in [0.2, 0.25) is 0 Å². The normalized spacial score (nSPS) is 13.0. The molecule has 0 N–H and O–H groups in total. The lowest BCUT2D eigenvalue weighted by molar-refractivity contribution is 1.28. The Kier molecular flexibility index (Phi) is 7.02. The minimum absolute atomic E-state index is 1.13. The molecule has 0 fully saturated rings. The molecule has 1 heterocycles. The van der Waals surface area contributed by atoms with E-state index in [0.717, 1.165) is 17.1 Å². The van der Waals surface area contributed by atoms with Gasteiger partial charge in [-0.3, -0.25) is 0 Å². The van der Waals surface area contributed by atoms with Crippen molar-refractivity contribution >= 4 is 67.8 Å². The van der Waals surface area contributed by atoms with Crippen LogP contribution in [0.2, 0.25) is 13.1 Å². The maximum absolute atomic E-state index is 2.49. The van der Waals surface area contributed by atoms with E-state index < -0.39 is 8.07 Å². The summed E-state index contributed by atoms with van der Waals surface area (Å²) in [4.78, 5) is 2.40. The topological polar surface area (TPSA) is 3.24 Å². The molecule has 9 aromatic rings. The Morgan fingerprint density at radius 1 is 0.327 bits per heavy atom. The van der Waals surface area contributed by atoms with Gasteiger partial charge in [0.05, 0.1) is 0 Å². The van der Waals surface area contributed by atoms with E-state index in [1.807, 2.05) is 0 Å². The standard InChI is InChI=1S/C50H37NSi/c1-52(2)48-27-11-10-25-46(48)50-40(26-14-28-49(50)52)36-16-13-20-39(32-36)51(37-17-4-3-5-18-37)38-19-12-15-34(31-38)35-29-30-45-43-23-7-6-21-41(43)42-22-8-9-24-44(42)47(45)33-35/h3-33H,1-2H3. The van der Waals surface area contributed by atoms with Crippen LogP contribution in [0.4, 0.5) is 17.1 Å². The van der Waals surface area contributed by atoms with Crippen molar-refractivity contribution < 1.29 is 0 Å². The fraction of sp³-hybridized carbons (Fsp3) is 0.0400. The van der Waals surface area contributed by atoms with Crippen molar-refractivity contribution in [2.45, 2.75) is 13.1 Å². The number of para-hydroxylation sites is 1. The maximum Gasteiger partial charge on any atom is 0.113 e. The van der Waals surface area contributed by atoms with Crippen LogP contribution in [-0.2, 0) is 0 Å². The van der Waals surface area contributed by atoms with Crippen molar-refractivity contribution in [1.82, 2.24) is 0 Å². The largest absolute Gasteiger partial charge is 0.310 e. The second-order valence-electron chi connectivity index (χ2n) is 14.5. The molecule has 0 aliphatic carbocycles. The van der Waals surface area contributed by atoms with Gasteiger partial charge in [-0.15, -0.1) is 0 Å². The summed E-state index contributed by atoms with van der Waals surface area (Å²) in [6, 6.07) is 69.5. The molecule has 52 heavy (non-hydrogen) atoms. The SMILES string of the molecule is C[Si]1(C)c2ccccc2-c2c(-c3cccc(N(c4ccccc4)c4cccc(-c5ccc6c7ccccc7c7ccccc7c6c5)c4)c3)cccc21. The summed E-state index contributed by atoms with van der Waals surface area (Å²) in [6.07, 6.45) is 0. The molecule has 1 aliphatic rings. The first kappa shape index (κ1) is 30.6. The first-order chi connectivity index (χ1) is 25.6. The van der Waals surface area contributed by atoms with E-state index in [1.165, 1.54) is 76.1 Å². The minimum atomic E-state index is -1.78. The monoisotopic (exact) mass is 679 g/mol. The average Bonchev–Trinajstić information content (AvgIpc) is 3.44. The molecular formula is C50H37NSi. The Morgan fingerprint density at radius 2 is 0.808 bits per heavy atom. The Labute approximate surface area is 306 Å². The lowest BCUT2D eigenvalue weighted by Gasteiger charge is -2.27. The number of fused-ring (bicyclic) bond motifs is 9. The zero-order valence-electron chi connectivity index (χ0n) is 29.3. The summed E-state index contributed by atoms with van der Waals surface area (Å²) in [5, 5.41) is 10.8. The summed E-state index contributed by atoms with van der Waals surface area (Å²) in [5.74, 6) is 0. The van der Waals surface area contributed by atoms with Crippen LogP contribution in [0.3, 0.4) is 0 Å². The first-order valence-electron chi connectivity index (χ1n) is 18.2. The minimum Gasteiger partial charge on any atom is -0.310 e. The number of rotatable bonds is 5. The highest BCUT2D eigenvalue weighted by Crippen LogP contribution is 2.42. The molecule has 10 rings (SSSR count). The van der Waals surface area contributed by atoms with Gasteiger partial charge in [-0.25, -0.2) is 0 Å². The third kappa shape index (κ3) is 4.76. The van der Waals surface area contributed by atoms with Crippen molar-refractivity contribution in [3.8, 4) is 33.4 Å². The van der Waals surface area contributed by atoms with Crippen molar-refractivity contribution in [1.29, 1.82) is 0 Å². The van der Waals surface area contributed by atoms with Gasteiger partial charge in [-0.1, -0.05) is 159 Å². The molecule has 246 valence electrons. The highest BCUT2D eigenvalue weighted by molar-refractivity contribution is 7.04. The van der Waals surface area contributed by atoms with Gasteiger partial charge in [-0.2, -0.15) is 0 Å². The van der Waals surface area contributed by atoms with Gasteiger partial charge in [0.1, 0.15) is 8.07 Å². The molecule has 0 spiro atoms. The number of benzene rings is 9. The zero-order valence-corrected chi connectivity index (χ0v) is 30.3. The average molecular weight is 680 g/mol. The molecule has 0 unspecified atom stereocenters. The molecule has 0 aromatic heterocycles. The summed E-state index contributed by atoms with van der Waals surface area (Å²) in [5.41, 5.74) is 11.2. The summed E-state index contributed by atoms with van der Waals surface area (Å²) in [7, 11) is -1.78. The smallest absolute Gasteiger partial charge is 0.113 e. The quantitative estimate of drug-likeness (QED) is 0.129. The van der Waals surface area contributed by atoms with Crippen molar-refractivity contribution in [2.75, 3.05) is 4.90 Å². The highest BCUT2D eigenvalue weighted by Gasteiger charge is 2.38. The molecule has 1 nitrogen and oxygen atoms in total. The molecule has 0 saturated heterocycles. The molecular weight excluding hydrogens is 643 g/mol. The third-order valence-corrected chi connectivity index (χ3v) is 14.8. The predicted octanol–water partition coefficient (Wildman–Crippen LogP) is 12.8. The zero-order chi connectivity index (χ0) is 34.8. The van der Waals surface area contributed by atoms with Gasteiger partial charge < -0.3 is 4.90 Å². The van der Waals surface area contributed by atoms with Crippen LogP contribution in [0.25, 0.3) is 65.7 Å². The maximum atomic E-state index is 2.49. The lowest BCUT2D eigenvalue weighted by Crippen LogP contribution is -2.49. The van der Waals surface area contributed by atoms with Crippen LogP contribution in [0.5, 0.6) is 0 Å². The highest BCUT2D eigenvalue weighted by atomic mass is 28.3. The van der Waals surface area contributed by atoms with Crippen LogP contribution in [-0.4, -0.2) is 8.07 Å². The molecule has 9 aromatic carbocycles. The van der Waals surface area contributed by atoms with Gasteiger partial charge in [0.25, 0.3) is 0 Å². The molecule has 0 radical (unpaired) electrons. The van der Waals surface area contributed by atoms with E-state index in [4.69, 9.17) is 0 Å². The Morgan fingerprint density at radius 3 is 1.52 bits per heavy atom. The fourth-order valence-corrected chi connectivity index (χ4v) is 11.8. The van der Waals surface area contributed by atoms with E-state index in [1.54, 1.807) is 0 Å². The predicted molar refractivity (Wildman–Crippen MR) is 227 cm³/mol. The Hall–Kier alpha value is -6.22. The van der Waals surface area contributed by atoms with E-state index in [9.17, 15) is 0 Å². The van der Waals surface area contributed by atoms with E-state index in [-0.39, 0.29) is 0 Å². The summed E-state index contributed by atoms with van der Waals surface area (Å²) < 4.78 is 0. The number of hydrogen-bond donors (Lipinski definition) is 0. The third-order valence-electron chi connectivity index (χ3n) is 11.2. The van der Waals surface area contributed by atoms with Crippen LogP contribution < -0.4 is 15.3 Å². The first-order valence-corrected chi connectivity index (χ1v) is 21.2. The van der Waals surface area contributed by atoms with E-state index in [0.29, 0.717) is 0 Å². The van der Waals surface area contributed by atoms with Crippen LogP contribution in [0, 0.1) is 0 Å². The molecule has 0 bridgehead atoms. The van der Waals surface area contributed by atoms with Gasteiger partial charge >= 0.3 is 0 Å². The second kappa shape index (κ2) is 11.9. The van der Waals surface area contributed by atoms with Crippen LogP contribution in [0.15, 0.2) is 188 Å². The van der Waals surface area contributed by atoms with Crippen LogP contribution >= 0.6 is 0 Å². The van der Waals surface area contributed by atoms with Crippen molar-refractivity contribution in [3.63, 3.8) is 0 Å². The lowest BCUT2D eigenvalue weighted by atomic mass is 9.92. The van der Waals surface area contributed by atoms with Crippen molar-refractivity contribution in [2.24, 2.45) is 0 Å². The van der Waals surface area contributed by atoms with E-state index in [2.05, 4.69) is 206 Å². The summed E-state index contributed by atoms with van der Waals surface area (Å²) in [6.45, 7) is 4.98. The molecule has 1 aliphatic heterocycles. The molecule has 2 heteroatoms. The Bertz CT molecular complexity index is 2800. The number of anilines is 3. The number of hydrogen-bond acceptors (Lipinski definition) is 1. The van der Waals surface area contributed by atoms with Crippen molar-refractivity contribution in [3.05, 3.63) is 188 Å². The van der Waals surface area contributed by atoms with Gasteiger partial charge in [0.15, 0.2) is 0 Å². The number of nitrogens with zero attached hydrogens (tertiary/aromatic N) is 1. The molecule has 0 saturated carbocycles. The Balaban J connectivity index is 1.12. The van der Waals surface area contributed by atoms with Crippen LogP contribution in [0.1, 0.15) is 0 Å². The summed E-state index contributed by atoms with van der Waals surface area (Å²) >= 11 is 0. The molecule has 0 atom stereocenters. The molecule has 0 amide bonds. The van der Waals surface area contributed by atoms with E-state index >= 15 is 0 Å². The fourth-order valence-electron chi connectivity index (χ4n) is 8.74. The second-order valence-corrected chi connectivity index (χ2v) is 18.8. The van der Waals surface area contributed by atoms with Gasteiger partial charge in [0, 0.05) is 17.1 Å². The van der Waals surface area contributed by atoms with Gasteiger partial charge in [-0.05, 0) is 119 Å².